The van der Waals surface area contributed by atoms with Crippen molar-refractivity contribution >= 4 is 43.8 Å². The summed E-state index contributed by atoms with van der Waals surface area (Å²) in [6.45, 7) is 1.90. The Labute approximate surface area is 201 Å². The van der Waals surface area contributed by atoms with Crippen LogP contribution >= 0.6 is 0 Å². The van der Waals surface area contributed by atoms with Crippen LogP contribution in [0.2, 0.25) is 0 Å². The Bertz CT molecular complexity index is 1580. The van der Waals surface area contributed by atoms with Gasteiger partial charge in [-0.3, -0.25) is 4.79 Å². The van der Waals surface area contributed by atoms with Gasteiger partial charge in [-0.05, 0) is 54.3 Å². The topological polar surface area (TPSA) is 143 Å². The molecular weight excluding hydrogens is 468 g/mol. The maximum atomic E-state index is 13.0. The number of azo groups is 1. The number of carbonyl (C=O) groups is 1. The number of aryl methyl sites for hydroxylation is 1. The average Bonchev–Trinajstić information content (AvgIpc) is 2.82. The van der Waals surface area contributed by atoms with Gasteiger partial charge in [-0.1, -0.05) is 36.4 Å². The Hall–Kier alpha value is -4.28. The Morgan fingerprint density at radius 1 is 1.00 bits per heavy atom. The summed E-state index contributed by atoms with van der Waals surface area (Å²) in [4.78, 5) is 12.9. The van der Waals surface area contributed by atoms with Gasteiger partial charge in [-0.15, -0.1) is 10.2 Å². The summed E-state index contributed by atoms with van der Waals surface area (Å²) in [5, 5.41) is 28.5. The standard InChI is InChI=1S/C25H22N4O5S/c1-15-6-5-8-17(12-15)27-25(31)20-13-16-7-3-4-9-19(16)23(24(20)30)29-28-21-14-18(35(26,32)33)10-11-22(21)34-2/h3-14,30H,1-2H3,(H,27,31)(H2,26,32,33). The number of nitrogens with two attached hydrogens (primary N) is 1. The summed E-state index contributed by atoms with van der Waals surface area (Å²) in [6.07, 6.45) is 0. The third-order valence-electron chi connectivity index (χ3n) is 5.25. The second kappa shape index (κ2) is 9.53. The molecule has 0 unspecified atom stereocenters. The van der Waals surface area contributed by atoms with Gasteiger partial charge < -0.3 is 15.2 Å². The van der Waals surface area contributed by atoms with Crippen LogP contribution in [0, 0.1) is 6.92 Å². The molecule has 0 fully saturated rings. The predicted molar refractivity (Wildman–Crippen MR) is 133 cm³/mol. The van der Waals surface area contributed by atoms with E-state index in [4.69, 9.17) is 9.88 Å². The first kappa shape index (κ1) is 23.9. The van der Waals surface area contributed by atoms with Crippen molar-refractivity contribution in [3.8, 4) is 11.5 Å². The number of nitrogens with zero attached hydrogens (tertiary/aromatic N) is 2. The lowest BCUT2D eigenvalue weighted by Crippen LogP contribution is -2.12. The van der Waals surface area contributed by atoms with Gasteiger partial charge in [0.25, 0.3) is 5.91 Å². The number of aromatic hydroxyl groups is 1. The van der Waals surface area contributed by atoms with Crippen molar-refractivity contribution in [1.29, 1.82) is 0 Å². The van der Waals surface area contributed by atoms with Crippen LogP contribution < -0.4 is 15.2 Å². The zero-order valence-corrected chi connectivity index (χ0v) is 19.7. The van der Waals surface area contributed by atoms with E-state index in [1.807, 2.05) is 19.1 Å². The number of fused-ring (bicyclic) bond motifs is 1. The first-order chi connectivity index (χ1) is 16.7. The van der Waals surface area contributed by atoms with Gasteiger partial charge in [0.2, 0.25) is 10.0 Å². The molecule has 178 valence electrons. The van der Waals surface area contributed by atoms with Gasteiger partial charge in [-0.2, -0.15) is 0 Å². The Morgan fingerprint density at radius 3 is 2.49 bits per heavy atom. The molecule has 35 heavy (non-hydrogen) atoms. The van der Waals surface area contributed by atoms with E-state index >= 15 is 0 Å². The number of anilines is 1. The van der Waals surface area contributed by atoms with E-state index in [1.54, 1.807) is 42.5 Å². The molecule has 0 spiro atoms. The molecule has 0 atom stereocenters. The first-order valence-corrected chi connectivity index (χ1v) is 12.0. The van der Waals surface area contributed by atoms with Gasteiger partial charge >= 0.3 is 0 Å². The molecule has 4 rings (SSSR count). The van der Waals surface area contributed by atoms with Crippen molar-refractivity contribution in [2.45, 2.75) is 11.8 Å². The zero-order valence-electron chi connectivity index (χ0n) is 18.9. The second-order valence-corrected chi connectivity index (χ2v) is 9.31. The molecule has 0 saturated carbocycles. The van der Waals surface area contributed by atoms with E-state index < -0.39 is 15.9 Å². The van der Waals surface area contributed by atoms with Crippen molar-refractivity contribution in [3.05, 3.63) is 83.9 Å². The van der Waals surface area contributed by atoms with Crippen LogP contribution in [-0.2, 0) is 10.0 Å². The van der Waals surface area contributed by atoms with Crippen LogP contribution in [0.25, 0.3) is 10.8 Å². The summed E-state index contributed by atoms with van der Waals surface area (Å²) in [7, 11) is -2.59. The van der Waals surface area contributed by atoms with E-state index in [1.165, 1.54) is 25.3 Å². The minimum Gasteiger partial charge on any atom is -0.505 e. The molecule has 0 heterocycles. The number of benzene rings is 4. The molecule has 0 aromatic heterocycles. The molecule has 1 amide bonds. The summed E-state index contributed by atoms with van der Waals surface area (Å²) in [5.41, 5.74) is 1.67. The van der Waals surface area contributed by atoms with Gasteiger partial charge in [0.1, 0.15) is 17.1 Å². The van der Waals surface area contributed by atoms with Crippen LogP contribution in [-0.4, -0.2) is 26.5 Å². The fourth-order valence-corrected chi connectivity index (χ4v) is 4.08. The number of ether oxygens (including phenoxy) is 1. The van der Waals surface area contributed by atoms with Gasteiger partial charge in [0.15, 0.2) is 5.75 Å². The number of hydrogen-bond acceptors (Lipinski definition) is 7. The smallest absolute Gasteiger partial charge is 0.259 e. The second-order valence-electron chi connectivity index (χ2n) is 7.74. The molecular formula is C25H22N4O5S. The van der Waals surface area contributed by atoms with E-state index in [0.29, 0.717) is 16.5 Å². The number of hydrogen-bond donors (Lipinski definition) is 3. The number of primary sulfonamides is 1. The van der Waals surface area contributed by atoms with E-state index in [0.717, 1.165) is 5.56 Å². The highest BCUT2D eigenvalue weighted by Gasteiger charge is 2.19. The maximum Gasteiger partial charge on any atom is 0.259 e. The van der Waals surface area contributed by atoms with Crippen molar-refractivity contribution in [3.63, 3.8) is 0 Å². The number of amides is 1. The summed E-state index contributed by atoms with van der Waals surface area (Å²) in [5.74, 6) is -0.651. The maximum absolute atomic E-state index is 13.0. The van der Waals surface area contributed by atoms with Crippen LogP contribution in [0.15, 0.2) is 87.9 Å². The van der Waals surface area contributed by atoms with Crippen molar-refractivity contribution in [2.75, 3.05) is 12.4 Å². The third kappa shape index (κ3) is 5.13. The number of nitrogens with one attached hydrogen (secondary N) is 1. The summed E-state index contributed by atoms with van der Waals surface area (Å²) in [6, 6.07) is 19.8. The Morgan fingerprint density at radius 2 is 1.77 bits per heavy atom. The number of rotatable bonds is 6. The largest absolute Gasteiger partial charge is 0.505 e. The lowest BCUT2D eigenvalue weighted by Gasteiger charge is -2.12. The van der Waals surface area contributed by atoms with Crippen LogP contribution in [0.4, 0.5) is 17.1 Å². The van der Waals surface area contributed by atoms with Gasteiger partial charge in [0.05, 0.1) is 17.6 Å². The molecule has 0 aliphatic heterocycles. The molecule has 4 aromatic rings. The minimum absolute atomic E-state index is 0.00408. The molecule has 0 saturated heterocycles. The number of methoxy groups -OCH3 is 1. The first-order valence-electron chi connectivity index (χ1n) is 10.4. The molecule has 0 aliphatic rings. The number of phenols is 1. The SMILES string of the molecule is COc1ccc(S(N)(=O)=O)cc1N=Nc1c(O)c(C(=O)Nc2cccc(C)c2)cc2ccccc12. The van der Waals surface area contributed by atoms with Crippen molar-refractivity contribution in [2.24, 2.45) is 15.4 Å². The Kier molecular flexibility index (Phi) is 6.50. The lowest BCUT2D eigenvalue weighted by atomic mass is 10.0. The molecule has 9 nitrogen and oxygen atoms in total. The minimum atomic E-state index is -3.99. The molecule has 0 bridgehead atoms. The summed E-state index contributed by atoms with van der Waals surface area (Å²) >= 11 is 0. The molecule has 10 heteroatoms. The van der Waals surface area contributed by atoms with Gasteiger partial charge in [0, 0.05) is 11.1 Å². The average molecular weight is 491 g/mol. The van der Waals surface area contributed by atoms with Crippen LogP contribution in [0.3, 0.4) is 0 Å². The molecule has 0 aliphatic carbocycles. The van der Waals surface area contributed by atoms with Crippen molar-refractivity contribution in [1.82, 2.24) is 0 Å². The molecule has 4 N–H and O–H groups in total. The van der Waals surface area contributed by atoms with Crippen LogP contribution in [0.1, 0.15) is 15.9 Å². The number of sulfonamides is 1. The van der Waals surface area contributed by atoms with E-state index in [9.17, 15) is 18.3 Å². The van der Waals surface area contributed by atoms with Crippen LogP contribution in [0.5, 0.6) is 11.5 Å². The molecule has 4 aromatic carbocycles. The fourth-order valence-electron chi connectivity index (χ4n) is 3.54. The quantitative estimate of drug-likeness (QED) is 0.319. The van der Waals surface area contributed by atoms with E-state index in [-0.39, 0.29) is 33.3 Å². The lowest BCUT2D eigenvalue weighted by molar-refractivity contribution is 0.102. The highest BCUT2D eigenvalue weighted by molar-refractivity contribution is 7.89. The van der Waals surface area contributed by atoms with Crippen molar-refractivity contribution < 1.29 is 23.1 Å². The predicted octanol–water partition coefficient (Wildman–Crippen LogP) is 5.18. The fraction of sp³-hybridized carbons (Fsp3) is 0.0800. The monoisotopic (exact) mass is 490 g/mol. The highest BCUT2D eigenvalue weighted by Crippen LogP contribution is 2.40. The Balaban J connectivity index is 1.82. The third-order valence-corrected chi connectivity index (χ3v) is 6.16. The van der Waals surface area contributed by atoms with Gasteiger partial charge in [-0.25, -0.2) is 13.6 Å². The highest BCUT2D eigenvalue weighted by atomic mass is 32.2. The normalized spacial score (nSPS) is 11.6. The molecule has 0 radical (unpaired) electrons. The number of phenolic OH excluding ortho intramolecular Hbond substituents is 1. The zero-order chi connectivity index (χ0) is 25.2. The summed E-state index contributed by atoms with van der Waals surface area (Å²) < 4.78 is 28.8. The number of carbonyl (C=O) groups excluding carboxylic acids is 1. The van der Waals surface area contributed by atoms with E-state index in [2.05, 4.69) is 15.5 Å².